The summed E-state index contributed by atoms with van der Waals surface area (Å²) in [6, 6.07) is 0. The third-order valence-corrected chi connectivity index (χ3v) is 3.40. The van der Waals surface area contributed by atoms with Crippen molar-refractivity contribution >= 4 is 0 Å². The van der Waals surface area contributed by atoms with Gasteiger partial charge in [-0.05, 0) is 37.5 Å². The van der Waals surface area contributed by atoms with Gasteiger partial charge in [-0.1, -0.05) is 19.3 Å². The lowest BCUT2D eigenvalue weighted by molar-refractivity contribution is 0.170. The van der Waals surface area contributed by atoms with Gasteiger partial charge < -0.3 is 5.11 Å². The van der Waals surface area contributed by atoms with Gasteiger partial charge in [0.15, 0.2) is 0 Å². The zero-order chi connectivity index (χ0) is 7.68. The van der Waals surface area contributed by atoms with Crippen LogP contribution in [0.5, 0.6) is 0 Å². The third-order valence-electron chi connectivity index (χ3n) is 3.40. The van der Waals surface area contributed by atoms with E-state index in [2.05, 4.69) is 0 Å². The summed E-state index contributed by atoms with van der Waals surface area (Å²) in [7, 11) is 0. The fraction of sp³-hybridized carbons (Fsp3) is 1.00. The molecule has 0 aliphatic heterocycles. The molecule has 2 aliphatic rings. The lowest BCUT2D eigenvalue weighted by Crippen LogP contribution is -2.15. The largest absolute Gasteiger partial charge is 0.393 e. The van der Waals surface area contributed by atoms with E-state index >= 15 is 0 Å². The molecule has 2 fully saturated rings. The van der Waals surface area contributed by atoms with Gasteiger partial charge in [-0.2, -0.15) is 0 Å². The van der Waals surface area contributed by atoms with E-state index in [0.717, 1.165) is 24.7 Å². The van der Waals surface area contributed by atoms with Crippen molar-refractivity contribution in [1.29, 1.82) is 0 Å². The summed E-state index contributed by atoms with van der Waals surface area (Å²) >= 11 is 0. The number of hydrogen-bond donors (Lipinski definition) is 1. The Morgan fingerprint density at radius 3 is 2.27 bits per heavy atom. The van der Waals surface area contributed by atoms with Gasteiger partial charge in [0, 0.05) is 0 Å². The smallest absolute Gasteiger partial charge is 0.0543 e. The SMILES string of the molecule is OC1CCC(CC2CCC2)C1. The highest BCUT2D eigenvalue weighted by molar-refractivity contribution is 4.79. The van der Waals surface area contributed by atoms with Crippen LogP contribution in [0, 0.1) is 11.8 Å². The monoisotopic (exact) mass is 154 g/mol. The Kier molecular flexibility index (Phi) is 2.17. The molecule has 0 aromatic heterocycles. The van der Waals surface area contributed by atoms with Crippen molar-refractivity contribution in [3.63, 3.8) is 0 Å². The standard InChI is InChI=1S/C10H18O/c11-10-5-4-9(7-10)6-8-2-1-3-8/h8-11H,1-7H2. The average molecular weight is 154 g/mol. The fourth-order valence-electron chi connectivity index (χ4n) is 2.46. The molecular formula is C10H18O. The molecule has 0 amide bonds. The molecule has 64 valence electrons. The molecule has 0 bridgehead atoms. The first kappa shape index (κ1) is 7.60. The second kappa shape index (κ2) is 3.14. The van der Waals surface area contributed by atoms with Crippen LogP contribution < -0.4 is 0 Å². The van der Waals surface area contributed by atoms with Gasteiger partial charge in [-0.3, -0.25) is 0 Å². The van der Waals surface area contributed by atoms with Gasteiger partial charge in [0.25, 0.3) is 0 Å². The summed E-state index contributed by atoms with van der Waals surface area (Å²) < 4.78 is 0. The topological polar surface area (TPSA) is 20.2 Å². The van der Waals surface area contributed by atoms with Crippen LogP contribution in [-0.4, -0.2) is 11.2 Å². The molecule has 1 N–H and O–H groups in total. The normalized spacial score (nSPS) is 39.0. The molecule has 2 unspecified atom stereocenters. The minimum atomic E-state index is 0.0417. The highest BCUT2D eigenvalue weighted by Gasteiger charge is 2.27. The summed E-state index contributed by atoms with van der Waals surface area (Å²) in [6.07, 6.45) is 9.29. The van der Waals surface area contributed by atoms with Crippen LogP contribution in [0.25, 0.3) is 0 Å². The zero-order valence-corrected chi connectivity index (χ0v) is 7.13. The Labute approximate surface area is 68.8 Å². The molecule has 2 atom stereocenters. The van der Waals surface area contributed by atoms with Crippen molar-refractivity contribution < 1.29 is 5.11 Å². The molecule has 2 aliphatic carbocycles. The second-order valence-corrected chi connectivity index (χ2v) is 4.37. The van der Waals surface area contributed by atoms with Crippen LogP contribution in [0.3, 0.4) is 0 Å². The molecule has 0 spiro atoms. The molecule has 0 heterocycles. The van der Waals surface area contributed by atoms with Gasteiger partial charge in [-0.25, -0.2) is 0 Å². The average Bonchev–Trinajstić information content (AvgIpc) is 2.27. The van der Waals surface area contributed by atoms with E-state index in [0.29, 0.717) is 0 Å². The van der Waals surface area contributed by atoms with Crippen molar-refractivity contribution in [3.8, 4) is 0 Å². The predicted molar refractivity (Wildman–Crippen MR) is 45.3 cm³/mol. The Hall–Kier alpha value is -0.0400. The van der Waals surface area contributed by atoms with E-state index in [9.17, 15) is 5.11 Å². The van der Waals surface area contributed by atoms with Gasteiger partial charge >= 0.3 is 0 Å². The lowest BCUT2D eigenvalue weighted by Gasteiger charge is -2.27. The highest BCUT2D eigenvalue weighted by atomic mass is 16.3. The first-order valence-corrected chi connectivity index (χ1v) is 5.02. The van der Waals surface area contributed by atoms with Crippen LogP contribution in [0.2, 0.25) is 0 Å². The number of hydrogen-bond acceptors (Lipinski definition) is 1. The minimum Gasteiger partial charge on any atom is -0.393 e. The summed E-state index contributed by atoms with van der Waals surface area (Å²) in [5.74, 6) is 1.90. The van der Waals surface area contributed by atoms with E-state index in [-0.39, 0.29) is 6.10 Å². The Balaban J connectivity index is 1.70. The van der Waals surface area contributed by atoms with Crippen molar-refractivity contribution in [2.75, 3.05) is 0 Å². The second-order valence-electron chi connectivity index (χ2n) is 4.37. The molecule has 0 radical (unpaired) electrons. The highest BCUT2D eigenvalue weighted by Crippen LogP contribution is 2.38. The van der Waals surface area contributed by atoms with Crippen molar-refractivity contribution in [1.82, 2.24) is 0 Å². The zero-order valence-electron chi connectivity index (χ0n) is 7.13. The molecule has 0 saturated heterocycles. The van der Waals surface area contributed by atoms with Crippen molar-refractivity contribution in [3.05, 3.63) is 0 Å². The van der Waals surface area contributed by atoms with E-state index in [4.69, 9.17) is 0 Å². The molecular weight excluding hydrogens is 136 g/mol. The minimum absolute atomic E-state index is 0.0417. The van der Waals surface area contributed by atoms with Crippen molar-refractivity contribution in [2.24, 2.45) is 11.8 Å². The Morgan fingerprint density at radius 1 is 1.00 bits per heavy atom. The van der Waals surface area contributed by atoms with Gasteiger partial charge in [0.2, 0.25) is 0 Å². The van der Waals surface area contributed by atoms with E-state index in [1.165, 1.54) is 32.1 Å². The Bertz CT molecular complexity index is 129. The van der Waals surface area contributed by atoms with E-state index in [1.54, 1.807) is 0 Å². The predicted octanol–water partition coefficient (Wildman–Crippen LogP) is 2.34. The van der Waals surface area contributed by atoms with Gasteiger partial charge in [-0.15, -0.1) is 0 Å². The summed E-state index contributed by atoms with van der Waals surface area (Å²) in [5, 5.41) is 9.30. The Morgan fingerprint density at radius 2 is 1.82 bits per heavy atom. The fourth-order valence-corrected chi connectivity index (χ4v) is 2.46. The maximum atomic E-state index is 9.30. The summed E-state index contributed by atoms with van der Waals surface area (Å²) in [6.45, 7) is 0. The van der Waals surface area contributed by atoms with Crippen LogP contribution in [-0.2, 0) is 0 Å². The van der Waals surface area contributed by atoms with Crippen molar-refractivity contribution in [2.45, 2.75) is 51.0 Å². The van der Waals surface area contributed by atoms with Crippen LogP contribution in [0.4, 0.5) is 0 Å². The van der Waals surface area contributed by atoms with Crippen LogP contribution in [0.1, 0.15) is 44.9 Å². The lowest BCUT2D eigenvalue weighted by atomic mass is 9.78. The summed E-state index contributed by atoms with van der Waals surface area (Å²) in [5.41, 5.74) is 0. The van der Waals surface area contributed by atoms with E-state index < -0.39 is 0 Å². The third kappa shape index (κ3) is 1.76. The molecule has 2 saturated carbocycles. The van der Waals surface area contributed by atoms with Gasteiger partial charge in [0.1, 0.15) is 0 Å². The number of aliphatic hydroxyl groups is 1. The maximum Gasteiger partial charge on any atom is 0.0543 e. The van der Waals surface area contributed by atoms with Crippen LogP contribution in [0.15, 0.2) is 0 Å². The molecule has 1 heteroatoms. The maximum absolute atomic E-state index is 9.30. The number of aliphatic hydroxyl groups excluding tert-OH is 1. The molecule has 0 aromatic rings. The molecule has 2 rings (SSSR count). The first-order valence-electron chi connectivity index (χ1n) is 5.02. The van der Waals surface area contributed by atoms with E-state index in [1.807, 2.05) is 0 Å². The number of rotatable bonds is 2. The first-order chi connectivity index (χ1) is 5.34. The molecule has 11 heavy (non-hydrogen) atoms. The van der Waals surface area contributed by atoms with Crippen LogP contribution >= 0.6 is 0 Å². The summed E-state index contributed by atoms with van der Waals surface area (Å²) in [4.78, 5) is 0. The van der Waals surface area contributed by atoms with Gasteiger partial charge in [0.05, 0.1) is 6.10 Å². The molecule has 0 aromatic carbocycles. The molecule has 1 nitrogen and oxygen atoms in total. The quantitative estimate of drug-likeness (QED) is 0.647.